The van der Waals surface area contributed by atoms with Gasteiger partial charge in [-0.15, -0.1) is 0 Å². The third kappa shape index (κ3) is 4.33. The van der Waals surface area contributed by atoms with Crippen molar-refractivity contribution in [3.05, 3.63) is 22.2 Å². The molecule has 66 valence electrons. The van der Waals surface area contributed by atoms with Crippen LogP contribution in [0.1, 0.15) is 25.7 Å². The van der Waals surface area contributed by atoms with E-state index in [4.69, 9.17) is 23.2 Å². The zero-order valence-electron chi connectivity index (χ0n) is 6.06. The molecule has 0 amide bonds. The normalized spacial score (nSPS) is 18.7. The number of hydrogen-bond acceptors (Lipinski definition) is 0. The van der Waals surface area contributed by atoms with Crippen LogP contribution in [-0.4, -0.2) is 0 Å². The maximum atomic E-state index is 5.84. The Kier molecular flexibility index (Phi) is 6.67. The van der Waals surface area contributed by atoms with Crippen molar-refractivity contribution < 1.29 is 20.4 Å². The minimum atomic E-state index is 0. The zero-order valence-corrected chi connectivity index (χ0v) is 9.12. The van der Waals surface area contributed by atoms with Crippen molar-refractivity contribution in [2.45, 2.75) is 25.7 Å². The standard InChI is InChI=1S/C8H10Cl2.Pd/c9-7-5-3-1-2-4-6-8(7)10;/h3,5H,1-2,4,6H2;. The van der Waals surface area contributed by atoms with Crippen molar-refractivity contribution in [1.82, 2.24) is 0 Å². The molecule has 0 heterocycles. The Balaban J connectivity index is 0.000001000. The van der Waals surface area contributed by atoms with Gasteiger partial charge in [-0.1, -0.05) is 29.3 Å². The molecule has 0 unspecified atom stereocenters. The fraction of sp³-hybridized carbons (Fsp3) is 0.500. The average molecular weight is 283 g/mol. The van der Waals surface area contributed by atoms with Crippen LogP contribution >= 0.6 is 23.2 Å². The Morgan fingerprint density at radius 1 is 1.18 bits per heavy atom. The van der Waals surface area contributed by atoms with Crippen LogP contribution in [-0.2, 0) is 20.4 Å². The first-order valence-corrected chi connectivity index (χ1v) is 4.27. The fourth-order valence-electron chi connectivity index (χ4n) is 0.939. The molecule has 0 bridgehead atoms. The van der Waals surface area contributed by atoms with Crippen LogP contribution in [0.5, 0.6) is 0 Å². The van der Waals surface area contributed by atoms with E-state index in [2.05, 4.69) is 6.08 Å². The Bertz CT molecular complexity index is 173. The van der Waals surface area contributed by atoms with Crippen molar-refractivity contribution in [3.63, 3.8) is 0 Å². The Morgan fingerprint density at radius 3 is 2.64 bits per heavy atom. The second-order valence-electron chi connectivity index (χ2n) is 2.40. The van der Waals surface area contributed by atoms with Gasteiger partial charge in [0.1, 0.15) is 0 Å². The molecule has 11 heavy (non-hydrogen) atoms. The molecule has 0 aromatic carbocycles. The van der Waals surface area contributed by atoms with Crippen LogP contribution in [0.25, 0.3) is 0 Å². The quantitative estimate of drug-likeness (QED) is 0.593. The molecule has 3 heteroatoms. The number of rotatable bonds is 0. The van der Waals surface area contributed by atoms with E-state index in [1.54, 1.807) is 0 Å². The largest absolute Gasteiger partial charge is 0.0875 e. The van der Waals surface area contributed by atoms with Crippen molar-refractivity contribution in [3.8, 4) is 0 Å². The summed E-state index contributed by atoms with van der Waals surface area (Å²) in [6.45, 7) is 0. The Morgan fingerprint density at radius 2 is 1.91 bits per heavy atom. The van der Waals surface area contributed by atoms with E-state index in [-0.39, 0.29) is 20.4 Å². The molecular weight excluding hydrogens is 273 g/mol. The summed E-state index contributed by atoms with van der Waals surface area (Å²) in [7, 11) is 0. The van der Waals surface area contributed by atoms with E-state index >= 15 is 0 Å². The maximum Gasteiger partial charge on any atom is 0.0547 e. The molecular formula is C8H10Cl2Pd. The first-order valence-electron chi connectivity index (χ1n) is 3.51. The molecule has 0 aliphatic heterocycles. The van der Waals surface area contributed by atoms with Crippen LogP contribution in [0.4, 0.5) is 0 Å². The molecule has 0 N–H and O–H groups in total. The minimum Gasteiger partial charge on any atom is -0.0875 e. The van der Waals surface area contributed by atoms with E-state index in [9.17, 15) is 0 Å². The maximum absolute atomic E-state index is 5.84. The van der Waals surface area contributed by atoms with Crippen LogP contribution in [0.15, 0.2) is 22.2 Å². The van der Waals surface area contributed by atoms with Crippen molar-refractivity contribution in [2.24, 2.45) is 0 Å². The Labute approximate surface area is 91.3 Å². The van der Waals surface area contributed by atoms with Gasteiger partial charge in [0.15, 0.2) is 0 Å². The van der Waals surface area contributed by atoms with E-state index in [0.717, 1.165) is 24.3 Å². The second kappa shape index (κ2) is 6.26. The summed E-state index contributed by atoms with van der Waals surface area (Å²) in [6, 6.07) is 0. The molecule has 1 aliphatic rings. The van der Waals surface area contributed by atoms with E-state index in [1.165, 1.54) is 6.42 Å². The van der Waals surface area contributed by atoms with Gasteiger partial charge >= 0.3 is 0 Å². The first kappa shape index (κ1) is 11.7. The first-order chi connectivity index (χ1) is 4.80. The summed E-state index contributed by atoms with van der Waals surface area (Å²) < 4.78 is 0. The SMILES string of the molecule is ClC1=C(Cl)CCCCC=C1.[Pd]. The van der Waals surface area contributed by atoms with Crippen LogP contribution in [0.3, 0.4) is 0 Å². The summed E-state index contributed by atoms with van der Waals surface area (Å²) >= 11 is 11.6. The number of hydrogen-bond donors (Lipinski definition) is 0. The summed E-state index contributed by atoms with van der Waals surface area (Å²) in [5.41, 5.74) is 0. The van der Waals surface area contributed by atoms with Gasteiger partial charge in [0.05, 0.1) is 5.03 Å². The van der Waals surface area contributed by atoms with Gasteiger partial charge in [0.2, 0.25) is 0 Å². The van der Waals surface area contributed by atoms with Crippen molar-refractivity contribution >= 4 is 23.2 Å². The number of halogens is 2. The van der Waals surface area contributed by atoms with Crippen LogP contribution in [0.2, 0.25) is 0 Å². The zero-order chi connectivity index (χ0) is 7.40. The molecule has 0 aromatic rings. The van der Waals surface area contributed by atoms with Gasteiger partial charge in [-0.05, 0) is 31.8 Å². The third-order valence-corrected chi connectivity index (χ3v) is 2.38. The molecule has 0 atom stereocenters. The van der Waals surface area contributed by atoms with Gasteiger partial charge in [-0.3, -0.25) is 0 Å². The van der Waals surface area contributed by atoms with E-state index < -0.39 is 0 Å². The Hall–Kier alpha value is 0.722. The molecule has 1 rings (SSSR count). The van der Waals surface area contributed by atoms with Gasteiger partial charge in [0, 0.05) is 25.5 Å². The van der Waals surface area contributed by atoms with E-state index in [0.29, 0.717) is 5.03 Å². The molecule has 0 aromatic heterocycles. The van der Waals surface area contributed by atoms with Gasteiger partial charge in [-0.25, -0.2) is 0 Å². The van der Waals surface area contributed by atoms with Gasteiger partial charge < -0.3 is 0 Å². The van der Waals surface area contributed by atoms with E-state index in [1.807, 2.05) is 6.08 Å². The van der Waals surface area contributed by atoms with Crippen molar-refractivity contribution in [2.75, 3.05) is 0 Å². The van der Waals surface area contributed by atoms with Gasteiger partial charge in [-0.2, -0.15) is 0 Å². The smallest absolute Gasteiger partial charge is 0.0547 e. The van der Waals surface area contributed by atoms with Gasteiger partial charge in [0.25, 0.3) is 0 Å². The average Bonchev–Trinajstić information content (AvgIpc) is 1.92. The second-order valence-corrected chi connectivity index (χ2v) is 3.26. The molecule has 0 saturated carbocycles. The molecule has 0 saturated heterocycles. The minimum absolute atomic E-state index is 0. The third-order valence-electron chi connectivity index (χ3n) is 1.54. The molecule has 0 fully saturated rings. The summed E-state index contributed by atoms with van der Waals surface area (Å²) in [4.78, 5) is 0. The molecule has 0 spiro atoms. The molecule has 0 nitrogen and oxygen atoms in total. The summed E-state index contributed by atoms with van der Waals surface area (Å²) in [5, 5.41) is 1.51. The van der Waals surface area contributed by atoms with Crippen LogP contribution < -0.4 is 0 Å². The number of allylic oxidation sites excluding steroid dienone is 4. The summed E-state index contributed by atoms with van der Waals surface area (Å²) in [5.74, 6) is 0. The predicted octanol–water partition coefficient (Wildman–Crippen LogP) is 3.80. The summed E-state index contributed by atoms with van der Waals surface area (Å²) in [6.07, 6.45) is 8.40. The monoisotopic (exact) mass is 282 g/mol. The molecule has 1 aliphatic carbocycles. The van der Waals surface area contributed by atoms with Crippen molar-refractivity contribution in [1.29, 1.82) is 0 Å². The van der Waals surface area contributed by atoms with Crippen LogP contribution in [0, 0.1) is 0 Å². The topological polar surface area (TPSA) is 0 Å². The molecule has 0 radical (unpaired) electrons. The predicted molar refractivity (Wildman–Crippen MR) is 46.3 cm³/mol. The fourth-order valence-corrected chi connectivity index (χ4v) is 1.32.